The molecule has 1 aliphatic rings. The molecule has 0 amide bonds. The second-order valence-corrected chi connectivity index (χ2v) is 2.67. The molecule has 0 N–H and O–H groups in total. The molecule has 0 saturated carbocycles. The number of hydrogen-bond donors (Lipinski definition) is 0. The lowest BCUT2D eigenvalue weighted by atomic mass is 10.0. The second-order valence-electron chi connectivity index (χ2n) is 2.18. The molecule has 0 unspecified atom stereocenters. The zero-order valence-electron chi connectivity index (χ0n) is 4.89. The molecule has 8 heavy (non-hydrogen) atoms. The fourth-order valence-corrected chi connectivity index (χ4v) is 1.11. The first kappa shape index (κ1) is 5.90. The highest BCUT2D eigenvalue weighted by molar-refractivity contribution is 6.29. The molecule has 0 saturated heterocycles. The van der Waals surface area contributed by atoms with E-state index in [1.54, 1.807) is 0 Å². The Kier molecular flexibility index (Phi) is 1.74. The highest BCUT2D eigenvalue weighted by Gasteiger charge is 2.01. The van der Waals surface area contributed by atoms with Crippen LogP contribution in [-0.4, -0.2) is 0 Å². The second kappa shape index (κ2) is 2.36. The summed E-state index contributed by atoms with van der Waals surface area (Å²) in [6, 6.07) is 0. The molecule has 0 radical (unpaired) electrons. The maximum Gasteiger partial charge on any atom is 0.0186 e. The normalized spacial score (nSPS) is 27.8. The Morgan fingerprint density at radius 1 is 1.75 bits per heavy atom. The number of hydrogen-bond acceptors (Lipinski definition) is 0. The van der Waals surface area contributed by atoms with Crippen LogP contribution in [0.1, 0.15) is 13.3 Å². The summed E-state index contributed by atoms with van der Waals surface area (Å²) >= 11 is 5.72. The van der Waals surface area contributed by atoms with Gasteiger partial charge in [-0.25, -0.2) is 0 Å². The Bertz CT molecular complexity index is 133. The van der Waals surface area contributed by atoms with Crippen LogP contribution in [-0.2, 0) is 0 Å². The molecule has 0 spiro atoms. The monoisotopic (exact) mass is 128 g/mol. The highest BCUT2D eigenvalue weighted by Crippen LogP contribution is 2.19. The third kappa shape index (κ3) is 1.38. The Morgan fingerprint density at radius 3 is 2.88 bits per heavy atom. The average molecular weight is 129 g/mol. The molecule has 44 valence electrons. The zero-order chi connectivity index (χ0) is 5.98. The average Bonchev–Trinajstić information content (AvgIpc) is 1.64. The standard InChI is InChI=1S/C7H9Cl/c1-6-3-2-4-7(8)5-6/h2-4,6H,5H2,1H3/t6-/m0/s1. The smallest absolute Gasteiger partial charge is 0.0186 e. The van der Waals surface area contributed by atoms with Crippen LogP contribution in [0.5, 0.6) is 0 Å². The van der Waals surface area contributed by atoms with Gasteiger partial charge in [0.25, 0.3) is 0 Å². The lowest BCUT2D eigenvalue weighted by Gasteiger charge is -2.07. The molecular formula is C7H9Cl. The lowest BCUT2D eigenvalue weighted by Crippen LogP contribution is -1.91. The first-order valence-electron chi connectivity index (χ1n) is 2.82. The summed E-state index contributed by atoms with van der Waals surface area (Å²) in [5.41, 5.74) is 0. The van der Waals surface area contributed by atoms with Crippen molar-refractivity contribution in [2.75, 3.05) is 0 Å². The van der Waals surface area contributed by atoms with Gasteiger partial charge >= 0.3 is 0 Å². The van der Waals surface area contributed by atoms with E-state index in [1.807, 2.05) is 12.2 Å². The molecule has 0 bridgehead atoms. The minimum Gasteiger partial charge on any atom is -0.0891 e. The van der Waals surface area contributed by atoms with Crippen LogP contribution in [0.4, 0.5) is 0 Å². The van der Waals surface area contributed by atoms with Gasteiger partial charge in [0.15, 0.2) is 0 Å². The van der Waals surface area contributed by atoms with Gasteiger partial charge in [-0.2, -0.15) is 0 Å². The number of rotatable bonds is 0. The van der Waals surface area contributed by atoms with E-state index >= 15 is 0 Å². The van der Waals surface area contributed by atoms with Crippen molar-refractivity contribution in [1.29, 1.82) is 0 Å². The van der Waals surface area contributed by atoms with Gasteiger partial charge in [0.05, 0.1) is 0 Å². The highest BCUT2D eigenvalue weighted by atomic mass is 35.5. The molecule has 0 aromatic heterocycles. The maximum atomic E-state index is 5.72. The van der Waals surface area contributed by atoms with E-state index < -0.39 is 0 Å². The van der Waals surface area contributed by atoms with Crippen molar-refractivity contribution < 1.29 is 0 Å². The van der Waals surface area contributed by atoms with E-state index in [2.05, 4.69) is 13.0 Å². The molecule has 1 rings (SSSR count). The Labute approximate surface area is 54.8 Å². The number of halogens is 1. The van der Waals surface area contributed by atoms with Gasteiger partial charge in [0.2, 0.25) is 0 Å². The van der Waals surface area contributed by atoms with Gasteiger partial charge in [-0.1, -0.05) is 30.7 Å². The van der Waals surface area contributed by atoms with E-state index in [4.69, 9.17) is 11.6 Å². The summed E-state index contributed by atoms with van der Waals surface area (Å²) in [4.78, 5) is 0. The van der Waals surface area contributed by atoms with Crippen molar-refractivity contribution in [2.24, 2.45) is 5.92 Å². The van der Waals surface area contributed by atoms with Crippen molar-refractivity contribution in [1.82, 2.24) is 0 Å². The van der Waals surface area contributed by atoms with Crippen LogP contribution in [0.25, 0.3) is 0 Å². The molecule has 0 aromatic rings. The summed E-state index contributed by atoms with van der Waals surface area (Å²) in [6.07, 6.45) is 7.13. The van der Waals surface area contributed by atoms with Crippen LogP contribution in [0.3, 0.4) is 0 Å². The Balaban J connectivity index is 2.59. The predicted octanol–water partition coefficient (Wildman–Crippen LogP) is 2.71. The van der Waals surface area contributed by atoms with Crippen molar-refractivity contribution >= 4 is 11.6 Å². The molecule has 1 atom stereocenters. The van der Waals surface area contributed by atoms with Crippen LogP contribution < -0.4 is 0 Å². The van der Waals surface area contributed by atoms with Crippen molar-refractivity contribution in [2.45, 2.75) is 13.3 Å². The third-order valence-corrected chi connectivity index (χ3v) is 1.51. The van der Waals surface area contributed by atoms with Gasteiger partial charge in [0, 0.05) is 5.03 Å². The molecule has 0 heterocycles. The van der Waals surface area contributed by atoms with Crippen molar-refractivity contribution in [3.05, 3.63) is 23.3 Å². The van der Waals surface area contributed by atoms with E-state index in [0.717, 1.165) is 11.5 Å². The van der Waals surface area contributed by atoms with Gasteiger partial charge in [-0.15, -0.1) is 0 Å². The zero-order valence-corrected chi connectivity index (χ0v) is 5.65. The topological polar surface area (TPSA) is 0 Å². The van der Waals surface area contributed by atoms with Crippen molar-refractivity contribution in [3.8, 4) is 0 Å². The Morgan fingerprint density at radius 2 is 2.50 bits per heavy atom. The molecule has 1 heteroatoms. The summed E-state index contributed by atoms with van der Waals surface area (Å²) < 4.78 is 0. The minimum atomic E-state index is 0.632. The summed E-state index contributed by atoms with van der Waals surface area (Å²) in [5.74, 6) is 0.632. The first-order chi connectivity index (χ1) is 3.79. The quantitative estimate of drug-likeness (QED) is 0.471. The van der Waals surface area contributed by atoms with Crippen LogP contribution in [0, 0.1) is 5.92 Å². The van der Waals surface area contributed by atoms with E-state index in [9.17, 15) is 0 Å². The molecule has 0 aromatic carbocycles. The van der Waals surface area contributed by atoms with Crippen LogP contribution in [0.15, 0.2) is 23.3 Å². The van der Waals surface area contributed by atoms with Crippen LogP contribution in [0.2, 0.25) is 0 Å². The summed E-state index contributed by atoms with van der Waals surface area (Å²) in [5, 5.41) is 0.972. The third-order valence-electron chi connectivity index (χ3n) is 1.23. The van der Waals surface area contributed by atoms with Crippen molar-refractivity contribution in [3.63, 3.8) is 0 Å². The minimum absolute atomic E-state index is 0.632. The molecule has 1 aliphatic carbocycles. The van der Waals surface area contributed by atoms with E-state index in [0.29, 0.717) is 5.92 Å². The lowest BCUT2D eigenvalue weighted by molar-refractivity contribution is 0.728. The summed E-state index contributed by atoms with van der Waals surface area (Å²) in [7, 11) is 0. The first-order valence-corrected chi connectivity index (χ1v) is 3.19. The number of allylic oxidation sites excluding steroid dienone is 4. The SMILES string of the molecule is C[C@H]1C=CC=C(Cl)C1. The fraction of sp³-hybridized carbons (Fsp3) is 0.429. The van der Waals surface area contributed by atoms with E-state index in [-0.39, 0.29) is 0 Å². The fourth-order valence-electron chi connectivity index (χ4n) is 0.793. The summed E-state index contributed by atoms with van der Waals surface area (Å²) in [6.45, 7) is 2.16. The Hall–Kier alpha value is -0.230. The van der Waals surface area contributed by atoms with Crippen LogP contribution >= 0.6 is 11.6 Å². The molecule has 0 aliphatic heterocycles. The molecule has 0 nitrogen and oxygen atoms in total. The van der Waals surface area contributed by atoms with Gasteiger partial charge in [0.1, 0.15) is 0 Å². The molecular weight excluding hydrogens is 120 g/mol. The largest absolute Gasteiger partial charge is 0.0891 e. The predicted molar refractivity (Wildman–Crippen MR) is 36.9 cm³/mol. The van der Waals surface area contributed by atoms with Gasteiger partial charge in [-0.05, 0) is 18.4 Å². The molecule has 0 fully saturated rings. The van der Waals surface area contributed by atoms with E-state index in [1.165, 1.54) is 0 Å². The van der Waals surface area contributed by atoms with Gasteiger partial charge in [-0.3, -0.25) is 0 Å². The van der Waals surface area contributed by atoms with Gasteiger partial charge < -0.3 is 0 Å². The maximum absolute atomic E-state index is 5.72.